The molecular weight excluding hydrogens is 306 g/mol. The minimum absolute atomic E-state index is 0.00136. The zero-order valence-electron chi connectivity index (χ0n) is 13.9. The van der Waals surface area contributed by atoms with E-state index in [2.05, 4.69) is 0 Å². The highest BCUT2D eigenvalue weighted by Crippen LogP contribution is 2.14. The van der Waals surface area contributed by atoms with Crippen LogP contribution in [0.1, 0.15) is 28.4 Å². The number of rotatable bonds is 7. The lowest BCUT2D eigenvalue weighted by Gasteiger charge is -2.17. The molecule has 0 aliphatic rings. The molecule has 0 heterocycles. The molecule has 126 valence electrons. The van der Waals surface area contributed by atoms with E-state index in [1.807, 2.05) is 31.2 Å². The molecular formula is C19H21NO4. The van der Waals surface area contributed by atoms with Crippen LogP contribution in [0.15, 0.2) is 48.5 Å². The van der Waals surface area contributed by atoms with Crippen LogP contribution in [-0.2, 0) is 17.8 Å². The number of carboxylic acid groups (broad SMARTS) is 1. The fourth-order valence-corrected chi connectivity index (χ4v) is 2.29. The number of likely N-dealkylation sites (N-methyl/N-ethyl adjacent to an activating group) is 1. The van der Waals surface area contributed by atoms with Gasteiger partial charge in [0, 0.05) is 13.6 Å². The van der Waals surface area contributed by atoms with Crippen LogP contribution in [0, 0.1) is 0 Å². The number of aromatic carboxylic acids is 1. The Kier molecular flexibility index (Phi) is 5.95. The fraction of sp³-hybridized carbons (Fsp3) is 0.263. The van der Waals surface area contributed by atoms with E-state index in [0.717, 1.165) is 16.9 Å². The van der Waals surface area contributed by atoms with Crippen molar-refractivity contribution in [3.8, 4) is 5.75 Å². The minimum atomic E-state index is -0.957. The van der Waals surface area contributed by atoms with Crippen molar-refractivity contribution >= 4 is 11.9 Å². The summed E-state index contributed by atoms with van der Waals surface area (Å²) in [6, 6.07) is 14.0. The van der Waals surface area contributed by atoms with E-state index in [1.54, 1.807) is 36.2 Å². The molecule has 0 fully saturated rings. The average molecular weight is 327 g/mol. The number of carboxylic acids is 1. The Balaban J connectivity index is 1.92. The molecule has 5 nitrogen and oxygen atoms in total. The first-order valence-electron chi connectivity index (χ1n) is 7.77. The van der Waals surface area contributed by atoms with Crippen molar-refractivity contribution in [2.75, 3.05) is 13.7 Å². The second-order valence-corrected chi connectivity index (χ2v) is 5.51. The number of benzene rings is 2. The Hall–Kier alpha value is -2.82. The maximum atomic E-state index is 12.3. The number of amides is 1. The molecule has 2 aromatic carbocycles. The Morgan fingerprint density at radius 3 is 2.12 bits per heavy atom. The lowest BCUT2D eigenvalue weighted by atomic mass is 10.1. The van der Waals surface area contributed by atoms with Crippen LogP contribution >= 0.6 is 0 Å². The highest BCUT2D eigenvalue weighted by Gasteiger charge is 2.11. The van der Waals surface area contributed by atoms with Gasteiger partial charge in [-0.2, -0.15) is 0 Å². The van der Waals surface area contributed by atoms with Gasteiger partial charge >= 0.3 is 5.97 Å². The van der Waals surface area contributed by atoms with Crippen LogP contribution in [0.5, 0.6) is 5.75 Å². The second-order valence-electron chi connectivity index (χ2n) is 5.51. The van der Waals surface area contributed by atoms with E-state index in [0.29, 0.717) is 19.6 Å². The van der Waals surface area contributed by atoms with Crippen molar-refractivity contribution in [1.82, 2.24) is 4.90 Å². The molecule has 0 atom stereocenters. The van der Waals surface area contributed by atoms with E-state index in [-0.39, 0.29) is 11.5 Å². The summed E-state index contributed by atoms with van der Waals surface area (Å²) in [5, 5.41) is 8.89. The van der Waals surface area contributed by atoms with Gasteiger partial charge in [0.05, 0.1) is 18.6 Å². The summed E-state index contributed by atoms with van der Waals surface area (Å²) in [5.41, 5.74) is 2.06. The molecule has 0 aliphatic heterocycles. The van der Waals surface area contributed by atoms with Crippen molar-refractivity contribution in [1.29, 1.82) is 0 Å². The average Bonchev–Trinajstić information content (AvgIpc) is 2.57. The summed E-state index contributed by atoms with van der Waals surface area (Å²) in [7, 11) is 1.74. The van der Waals surface area contributed by atoms with Gasteiger partial charge in [-0.1, -0.05) is 24.3 Å². The third-order valence-electron chi connectivity index (χ3n) is 3.64. The van der Waals surface area contributed by atoms with Gasteiger partial charge in [-0.15, -0.1) is 0 Å². The Morgan fingerprint density at radius 1 is 1.00 bits per heavy atom. The molecule has 2 aromatic rings. The monoisotopic (exact) mass is 327 g/mol. The van der Waals surface area contributed by atoms with Gasteiger partial charge in [0.25, 0.3) is 0 Å². The topological polar surface area (TPSA) is 66.8 Å². The minimum Gasteiger partial charge on any atom is -0.494 e. The van der Waals surface area contributed by atoms with Crippen LogP contribution in [0.4, 0.5) is 0 Å². The number of nitrogens with zero attached hydrogens (tertiary/aromatic N) is 1. The third kappa shape index (κ3) is 4.84. The van der Waals surface area contributed by atoms with Crippen LogP contribution in [0.25, 0.3) is 0 Å². The molecule has 5 heteroatoms. The number of ether oxygens (including phenoxy) is 1. The van der Waals surface area contributed by atoms with Gasteiger partial charge < -0.3 is 14.7 Å². The van der Waals surface area contributed by atoms with E-state index < -0.39 is 5.97 Å². The van der Waals surface area contributed by atoms with Crippen molar-refractivity contribution in [2.24, 2.45) is 0 Å². The molecule has 24 heavy (non-hydrogen) atoms. The standard InChI is InChI=1S/C19H21NO4/c1-3-24-17-10-6-14(7-11-17)12-18(21)20(2)13-15-4-8-16(9-5-15)19(22)23/h4-11H,3,12-13H2,1-2H3,(H,22,23). The van der Waals surface area contributed by atoms with E-state index >= 15 is 0 Å². The number of hydrogen-bond donors (Lipinski definition) is 1. The second kappa shape index (κ2) is 8.15. The third-order valence-corrected chi connectivity index (χ3v) is 3.64. The van der Waals surface area contributed by atoms with Crippen LogP contribution in [0.2, 0.25) is 0 Å². The smallest absolute Gasteiger partial charge is 0.335 e. The molecule has 0 bridgehead atoms. The normalized spacial score (nSPS) is 10.2. The number of carbonyl (C=O) groups excluding carboxylic acids is 1. The van der Waals surface area contributed by atoms with Crippen LogP contribution in [-0.4, -0.2) is 35.5 Å². The lowest BCUT2D eigenvalue weighted by molar-refractivity contribution is -0.129. The van der Waals surface area contributed by atoms with E-state index in [4.69, 9.17) is 9.84 Å². The predicted octanol–water partition coefficient (Wildman–Crippen LogP) is 2.98. The molecule has 0 spiro atoms. The fourth-order valence-electron chi connectivity index (χ4n) is 2.29. The van der Waals surface area contributed by atoms with Crippen molar-refractivity contribution in [3.63, 3.8) is 0 Å². The van der Waals surface area contributed by atoms with Gasteiger partial charge in [0.1, 0.15) is 5.75 Å². The van der Waals surface area contributed by atoms with Gasteiger partial charge in [-0.3, -0.25) is 4.79 Å². The molecule has 1 N–H and O–H groups in total. The summed E-state index contributed by atoms with van der Waals surface area (Å²) < 4.78 is 5.38. The molecule has 0 radical (unpaired) electrons. The first kappa shape index (κ1) is 17.5. The summed E-state index contributed by atoms with van der Waals surface area (Å²) in [5.74, 6) is -0.163. The van der Waals surface area contributed by atoms with Gasteiger partial charge in [-0.25, -0.2) is 4.79 Å². The summed E-state index contributed by atoms with van der Waals surface area (Å²) in [6.45, 7) is 2.98. The van der Waals surface area contributed by atoms with E-state index in [1.165, 1.54) is 0 Å². The lowest BCUT2D eigenvalue weighted by Crippen LogP contribution is -2.27. The zero-order valence-corrected chi connectivity index (χ0v) is 13.9. The Labute approximate surface area is 141 Å². The predicted molar refractivity (Wildman–Crippen MR) is 91.2 cm³/mol. The maximum absolute atomic E-state index is 12.3. The molecule has 0 aromatic heterocycles. The van der Waals surface area contributed by atoms with Crippen molar-refractivity contribution in [2.45, 2.75) is 19.9 Å². The Morgan fingerprint density at radius 2 is 1.58 bits per heavy atom. The SMILES string of the molecule is CCOc1ccc(CC(=O)N(C)Cc2ccc(C(=O)O)cc2)cc1. The maximum Gasteiger partial charge on any atom is 0.335 e. The summed E-state index contributed by atoms with van der Waals surface area (Å²) in [4.78, 5) is 24.8. The van der Waals surface area contributed by atoms with Crippen LogP contribution < -0.4 is 4.74 Å². The molecule has 1 amide bonds. The van der Waals surface area contributed by atoms with Crippen LogP contribution in [0.3, 0.4) is 0 Å². The first-order chi connectivity index (χ1) is 11.5. The Bertz CT molecular complexity index is 692. The largest absolute Gasteiger partial charge is 0.494 e. The zero-order chi connectivity index (χ0) is 17.5. The molecule has 0 aliphatic carbocycles. The van der Waals surface area contributed by atoms with Crippen molar-refractivity contribution < 1.29 is 19.4 Å². The molecule has 0 saturated heterocycles. The van der Waals surface area contributed by atoms with Gasteiger partial charge in [-0.05, 0) is 42.3 Å². The van der Waals surface area contributed by atoms with E-state index in [9.17, 15) is 9.59 Å². The van der Waals surface area contributed by atoms with Crippen molar-refractivity contribution in [3.05, 3.63) is 65.2 Å². The molecule has 2 rings (SSSR count). The first-order valence-corrected chi connectivity index (χ1v) is 7.77. The van der Waals surface area contributed by atoms with Gasteiger partial charge in [0.15, 0.2) is 0 Å². The van der Waals surface area contributed by atoms with Gasteiger partial charge in [0.2, 0.25) is 5.91 Å². The number of hydrogen-bond acceptors (Lipinski definition) is 3. The number of carbonyl (C=O) groups is 2. The summed E-state index contributed by atoms with van der Waals surface area (Å²) in [6.07, 6.45) is 0.316. The summed E-state index contributed by atoms with van der Waals surface area (Å²) >= 11 is 0. The highest BCUT2D eigenvalue weighted by molar-refractivity contribution is 5.87. The quantitative estimate of drug-likeness (QED) is 0.849. The highest BCUT2D eigenvalue weighted by atomic mass is 16.5. The molecule has 0 unspecified atom stereocenters. The molecule has 0 saturated carbocycles.